The summed E-state index contributed by atoms with van der Waals surface area (Å²) in [6, 6.07) is 9.38. The molecule has 0 spiro atoms. The molecule has 0 aliphatic rings. The lowest BCUT2D eigenvalue weighted by Crippen LogP contribution is -2.03. The SMILES string of the molecule is C=NNCc1ccc(C#N)cc1. The fourth-order valence-electron chi connectivity index (χ4n) is 0.844. The van der Waals surface area contributed by atoms with E-state index in [-0.39, 0.29) is 0 Å². The average molecular weight is 159 g/mol. The van der Waals surface area contributed by atoms with Crippen molar-refractivity contribution in [3.8, 4) is 6.07 Å². The number of hydrogen-bond donors (Lipinski definition) is 1. The van der Waals surface area contributed by atoms with Crippen LogP contribution < -0.4 is 5.43 Å². The maximum absolute atomic E-state index is 8.51. The Kier molecular flexibility index (Phi) is 2.86. The minimum absolute atomic E-state index is 0.648. The van der Waals surface area contributed by atoms with Gasteiger partial charge in [-0.1, -0.05) is 12.1 Å². The summed E-state index contributed by atoms with van der Waals surface area (Å²) in [6.07, 6.45) is 0. The van der Waals surface area contributed by atoms with E-state index in [1.807, 2.05) is 12.1 Å². The van der Waals surface area contributed by atoms with Crippen LogP contribution in [0.2, 0.25) is 0 Å². The molecule has 0 saturated heterocycles. The Balaban J connectivity index is 2.66. The minimum Gasteiger partial charge on any atom is -0.306 e. The van der Waals surface area contributed by atoms with Gasteiger partial charge >= 0.3 is 0 Å². The Labute approximate surface area is 71.3 Å². The molecule has 0 bridgehead atoms. The first-order valence-electron chi connectivity index (χ1n) is 3.54. The molecule has 0 heterocycles. The first kappa shape index (κ1) is 8.28. The zero-order valence-electron chi connectivity index (χ0n) is 6.62. The molecule has 0 saturated carbocycles. The van der Waals surface area contributed by atoms with Crippen LogP contribution in [0.15, 0.2) is 29.4 Å². The summed E-state index contributed by atoms with van der Waals surface area (Å²) in [5.74, 6) is 0. The predicted octanol–water partition coefficient (Wildman–Crippen LogP) is 1.26. The second kappa shape index (κ2) is 4.14. The fourth-order valence-corrected chi connectivity index (χ4v) is 0.844. The van der Waals surface area contributed by atoms with Crippen molar-refractivity contribution in [1.29, 1.82) is 5.26 Å². The van der Waals surface area contributed by atoms with Crippen molar-refractivity contribution in [1.82, 2.24) is 5.43 Å². The number of benzene rings is 1. The quantitative estimate of drug-likeness (QED) is 0.533. The second-order valence-corrected chi connectivity index (χ2v) is 2.30. The van der Waals surface area contributed by atoms with E-state index in [2.05, 4.69) is 23.3 Å². The highest BCUT2D eigenvalue weighted by molar-refractivity contribution is 5.31. The van der Waals surface area contributed by atoms with Gasteiger partial charge in [0.15, 0.2) is 0 Å². The lowest BCUT2D eigenvalue weighted by molar-refractivity contribution is 0.751. The van der Waals surface area contributed by atoms with E-state index in [1.54, 1.807) is 12.1 Å². The molecule has 3 heteroatoms. The average Bonchev–Trinajstić information content (AvgIpc) is 2.15. The van der Waals surface area contributed by atoms with Crippen LogP contribution in [0.4, 0.5) is 0 Å². The molecule has 60 valence electrons. The Hall–Kier alpha value is -1.82. The Morgan fingerprint density at radius 3 is 2.58 bits per heavy atom. The van der Waals surface area contributed by atoms with E-state index in [1.165, 1.54) is 0 Å². The van der Waals surface area contributed by atoms with Crippen LogP contribution in [0.3, 0.4) is 0 Å². The van der Waals surface area contributed by atoms with Gasteiger partial charge in [0.25, 0.3) is 0 Å². The van der Waals surface area contributed by atoms with Crippen LogP contribution in [-0.2, 0) is 6.54 Å². The number of nitrogens with one attached hydrogen (secondary N) is 1. The van der Waals surface area contributed by atoms with Gasteiger partial charge in [0.05, 0.1) is 18.2 Å². The van der Waals surface area contributed by atoms with Crippen molar-refractivity contribution in [3.63, 3.8) is 0 Å². The molecule has 0 amide bonds. The summed E-state index contributed by atoms with van der Waals surface area (Å²) in [6.45, 7) is 3.94. The van der Waals surface area contributed by atoms with Gasteiger partial charge in [-0.2, -0.15) is 10.4 Å². The third kappa shape index (κ3) is 2.10. The molecule has 0 aliphatic heterocycles. The number of nitriles is 1. The van der Waals surface area contributed by atoms with Gasteiger partial charge < -0.3 is 5.43 Å². The number of hydrogen-bond acceptors (Lipinski definition) is 3. The smallest absolute Gasteiger partial charge is 0.0991 e. The molecule has 1 aromatic carbocycles. The molecule has 1 N–H and O–H groups in total. The zero-order chi connectivity index (χ0) is 8.81. The molecule has 12 heavy (non-hydrogen) atoms. The Morgan fingerprint density at radius 1 is 1.42 bits per heavy atom. The fraction of sp³-hybridized carbons (Fsp3) is 0.111. The Morgan fingerprint density at radius 2 is 2.08 bits per heavy atom. The molecule has 0 atom stereocenters. The minimum atomic E-state index is 0.648. The molecular weight excluding hydrogens is 150 g/mol. The predicted molar refractivity (Wildman–Crippen MR) is 47.5 cm³/mol. The van der Waals surface area contributed by atoms with E-state index in [0.29, 0.717) is 12.1 Å². The van der Waals surface area contributed by atoms with Gasteiger partial charge in [0.2, 0.25) is 0 Å². The highest BCUT2D eigenvalue weighted by atomic mass is 15.3. The van der Waals surface area contributed by atoms with Crippen LogP contribution in [-0.4, -0.2) is 6.72 Å². The maximum Gasteiger partial charge on any atom is 0.0991 e. The highest BCUT2D eigenvalue weighted by Gasteiger charge is 1.91. The molecule has 0 unspecified atom stereocenters. The van der Waals surface area contributed by atoms with Crippen molar-refractivity contribution in [2.24, 2.45) is 5.10 Å². The highest BCUT2D eigenvalue weighted by Crippen LogP contribution is 2.02. The molecular formula is C9H9N3. The summed E-state index contributed by atoms with van der Waals surface area (Å²) in [5.41, 5.74) is 4.49. The number of hydrazone groups is 1. The first-order valence-corrected chi connectivity index (χ1v) is 3.54. The van der Waals surface area contributed by atoms with E-state index in [4.69, 9.17) is 5.26 Å². The lowest BCUT2D eigenvalue weighted by atomic mass is 10.1. The van der Waals surface area contributed by atoms with Crippen LogP contribution in [0, 0.1) is 11.3 Å². The van der Waals surface area contributed by atoms with Crippen molar-refractivity contribution in [2.75, 3.05) is 0 Å². The van der Waals surface area contributed by atoms with Crippen LogP contribution in [0.1, 0.15) is 11.1 Å². The van der Waals surface area contributed by atoms with E-state index in [9.17, 15) is 0 Å². The van der Waals surface area contributed by atoms with Crippen molar-refractivity contribution < 1.29 is 0 Å². The van der Waals surface area contributed by atoms with Gasteiger partial charge in [0.1, 0.15) is 0 Å². The van der Waals surface area contributed by atoms with Crippen LogP contribution in [0.5, 0.6) is 0 Å². The third-order valence-electron chi connectivity index (χ3n) is 1.48. The molecule has 0 radical (unpaired) electrons. The van der Waals surface area contributed by atoms with Crippen molar-refractivity contribution in [3.05, 3.63) is 35.4 Å². The summed E-state index contributed by atoms with van der Waals surface area (Å²) in [5, 5.41) is 12.0. The third-order valence-corrected chi connectivity index (χ3v) is 1.48. The van der Waals surface area contributed by atoms with Crippen LogP contribution >= 0.6 is 0 Å². The topological polar surface area (TPSA) is 48.2 Å². The van der Waals surface area contributed by atoms with E-state index >= 15 is 0 Å². The van der Waals surface area contributed by atoms with E-state index in [0.717, 1.165) is 5.56 Å². The maximum atomic E-state index is 8.51. The normalized spacial score (nSPS) is 8.58. The summed E-state index contributed by atoms with van der Waals surface area (Å²) < 4.78 is 0. The molecule has 1 rings (SSSR count). The first-order chi connectivity index (χ1) is 5.86. The lowest BCUT2D eigenvalue weighted by Gasteiger charge is -1.98. The van der Waals surface area contributed by atoms with Crippen LogP contribution in [0.25, 0.3) is 0 Å². The standard InChI is InChI=1S/C9H9N3/c1-11-12-7-9-4-2-8(6-10)3-5-9/h2-5,12H,1,7H2. The molecule has 0 aromatic heterocycles. The molecule has 1 aromatic rings. The number of nitrogens with zero attached hydrogens (tertiary/aromatic N) is 2. The zero-order valence-corrected chi connectivity index (χ0v) is 6.62. The van der Waals surface area contributed by atoms with Gasteiger partial charge in [-0.05, 0) is 17.7 Å². The second-order valence-electron chi connectivity index (χ2n) is 2.30. The largest absolute Gasteiger partial charge is 0.306 e. The van der Waals surface area contributed by atoms with Crippen molar-refractivity contribution in [2.45, 2.75) is 6.54 Å². The summed E-state index contributed by atoms with van der Waals surface area (Å²) >= 11 is 0. The summed E-state index contributed by atoms with van der Waals surface area (Å²) in [7, 11) is 0. The Bertz CT molecular complexity index is 295. The van der Waals surface area contributed by atoms with Gasteiger partial charge in [-0.15, -0.1) is 0 Å². The number of rotatable bonds is 3. The summed E-state index contributed by atoms with van der Waals surface area (Å²) in [4.78, 5) is 0. The van der Waals surface area contributed by atoms with Gasteiger partial charge in [0, 0.05) is 6.72 Å². The van der Waals surface area contributed by atoms with Gasteiger partial charge in [-0.3, -0.25) is 0 Å². The monoisotopic (exact) mass is 159 g/mol. The van der Waals surface area contributed by atoms with Gasteiger partial charge in [-0.25, -0.2) is 0 Å². The molecule has 0 fully saturated rings. The van der Waals surface area contributed by atoms with E-state index < -0.39 is 0 Å². The molecule has 0 aliphatic carbocycles. The molecule has 3 nitrogen and oxygen atoms in total. The van der Waals surface area contributed by atoms with Crippen molar-refractivity contribution >= 4 is 6.72 Å².